The molecule has 0 saturated carbocycles. The quantitative estimate of drug-likeness (QED) is 0.602. The van der Waals surface area contributed by atoms with E-state index < -0.39 is 0 Å². The van der Waals surface area contributed by atoms with E-state index in [0.29, 0.717) is 6.54 Å². The predicted octanol–water partition coefficient (Wildman–Crippen LogP) is 3.02. The van der Waals surface area contributed by atoms with Crippen molar-refractivity contribution in [1.82, 2.24) is 34.9 Å². The van der Waals surface area contributed by atoms with Crippen molar-refractivity contribution in [3.8, 4) is 11.3 Å². The maximum absolute atomic E-state index is 12.5. The Bertz CT molecular complexity index is 1110. The Morgan fingerprint density at radius 3 is 2.35 bits per heavy atom. The normalized spacial score (nSPS) is 17.6. The number of piperidine rings is 1. The Hall–Kier alpha value is -3.07. The zero-order valence-corrected chi connectivity index (χ0v) is 20.0. The number of nitrogens with one attached hydrogen (secondary N) is 1. The molecule has 0 radical (unpaired) electrons. The van der Waals surface area contributed by atoms with Crippen molar-refractivity contribution in [2.75, 3.05) is 44.2 Å². The van der Waals surface area contributed by atoms with Crippen molar-refractivity contribution in [2.24, 2.45) is 7.05 Å². The highest BCUT2D eigenvalue weighted by Gasteiger charge is 2.18. The molecule has 9 nitrogen and oxygen atoms in total. The lowest BCUT2D eigenvalue weighted by Crippen LogP contribution is -2.38. The number of amides is 1. The summed E-state index contributed by atoms with van der Waals surface area (Å²) in [6.07, 6.45) is 12.2. The molecule has 2 aliphatic heterocycles. The summed E-state index contributed by atoms with van der Waals surface area (Å²) in [6.45, 7) is 5.83. The number of aromatic nitrogens is 5. The van der Waals surface area contributed by atoms with Crippen molar-refractivity contribution >= 4 is 22.8 Å². The molecule has 5 rings (SSSR count). The average molecular weight is 463 g/mol. The van der Waals surface area contributed by atoms with Crippen LogP contribution in [0.3, 0.4) is 0 Å². The first-order valence-electron chi connectivity index (χ1n) is 12.6. The summed E-state index contributed by atoms with van der Waals surface area (Å²) in [7, 11) is 1.91. The fraction of sp³-hybridized carbons (Fsp3) is 0.560. The molecule has 1 amide bonds. The van der Waals surface area contributed by atoms with Crippen molar-refractivity contribution in [3.63, 3.8) is 0 Å². The number of aryl methyl sites for hydroxylation is 1. The van der Waals surface area contributed by atoms with E-state index in [9.17, 15) is 4.79 Å². The van der Waals surface area contributed by atoms with Crippen LogP contribution in [0, 0.1) is 0 Å². The number of pyridine rings is 1. The van der Waals surface area contributed by atoms with Gasteiger partial charge in [0.1, 0.15) is 11.5 Å². The van der Waals surface area contributed by atoms with Gasteiger partial charge in [0.2, 0.25) is 5.82 Å². The van der Waals surface area contributed by atoms with Gasteiger partial charge < -0.3 is 15.1 Å². The van der Waals surface area contributed by atoms with Crippen LogP contribution in [0.25, 0.3) is 22.3 Å². The Kier molecular flexibility index (Phi) is 6.99. The van der Waals surface area contributed by atoms with Crippen LogP contribution in [-0.4, -0.2) is 74.8 Å². The van der Waals surface area contributed by atoms with E-state index in [-0.39, 0.29) is 11.7 Å². The molecular weight excluding hydrogens is 428 g/mol. The molecule has 9 heteroatoms. The number of hydrogen-bond donors (Lipinski definition) is 1. The second-order valence-electron chi connectivity index (χ2n) is 9.37. The minimum absolute atomic E-state index is 0.184. The van der Waals surface area contributed by atoms with Gasteiger partial charge in [-0.15, -0.1) is 0 Å². The smallest absolute Gasteiger partial charge is 0.289 e. The molecule has 3 aromatic heterocycles. The highest BCUT2D eigenvalue weighted by atomic mass is 16.2. The Morgan fingerprint density at radius 1 is 0.941 bits per heavy atom. The molecule has 0 spiro atoms. The van der Waals surface area contributed by atoms with Crippen LogP contribution in [0.1, 0.15) is 55.6 Å². The van der Waals surface area contributed by atoms with Crippen molar-refractivity contribution in [1.29, 1.82) is 0 Å². The summed E-state index contributed by atoms with van der Waals surface area (Å²) in [4.78, 5) is 30.8. The minimum atomic E-state index is -0.238. The van der Waals surface area contributed by atoms with Gasteiger partial charge in [-0.1, -0.05) is 19.3 Å². The second-order valence-corrected chi connectivity index (χ2v) is 9.37. The molecule has 0 bridgehead atoms. The lowest BCUT2D eigenvalue weighted by atomic mass is 10.1. The van der Waals surface area contributed by atoms with Crippen LogP contribution in [0.2, 0.25) is 0 Å². The first-order chi connectivity index (χ1) is 16.7. The van der Waals surface area contributed by atoms with Gasteiger partial charge in [0.25, 0.3) is 5.91 Å². The molecule has 0 unspecified atom stereocenters. The molecule has 2 saturated heterocycles. The van der Waals surface area contributed by atoms with E-state index in [0.717, 1.165) is 60.8 Å². The van der Waals surface area contributed by atoms with Gasteiger partial charge in [0.05, 0.1) is 0 Å². The number of likely N-dealkylation sites (tertiary alicyclic amines) is 1. The van der Waals surface area contributed by atoms with Gasteiger partial charge >= 0.3 is 0 Å². The number of nitrogens with zero attached hydrogens (tertiary/aromatic N) is 7. The summed E-state index contributed by atoms with van der Waals surface area (Å²) in [5, 5.41) is 8.59. The van der Waals surface area contributed by atoms with E-state index >= 15 is 0 Å². The highest BCUT2D eigenvalue weighted by molar-refractivity contribution is 5.93. The maximum atomic E-state index is 12.5. The molecule has 34 heavy (non-hydrogen) atoms. The van der Waals surface area contributed by atoms with E-state index in [4.69, 9.17) is 10.1 Å². The Balaban J connectivity index is 1.27. The molecule has 0 aliphatic carbocycles. The standard InChI is InChI=1S/C25H34N8O/c1-31-24-20(9-10-21(29-24)33-14-7-2-3-8-15-33)22(30-31)19-17-27-23(28-18-19)25(34)26-11-16-32-12-5-4-6-13-32/h9-10,17-18H,2-8,11-16H2,1H3,(H,26,34). The van der Waals surface area contributed by atoms with Gasteiger partial charge in [-0.25, -0.2) is 19.6 Å². The van der Waals surface area contributed by atoms with Gasteiger partial charge in [-0.2, -0.15) is 5.10 Å². The molecule has 2 fully saturated rings. The van der Waals surface area contributed by atoms with Crippen LogP contribution < -0.4 is 10.2 Å². The second kappa shape index (κ2) is 10.5. The number of carbonyl (C=O) groups is 1. The summed E-state index contributed by atoms with van der Waals surface area (Å²) >= 11 is 0. The fourth-order valence-corrected chi connectivity index (χ4v) is 4.97. The Morgan fingerprint density at radius 2 is 1.62 bits per heavy atom. The van der Waals surface area contributed by atoms with Gasteiger partial charge in [0.15, 0.2) is 5.65 Å². The minimum Gasteiger partial charge on any atom is -0.357 e. The SMILES string of the molecule is Cn1nc(-c2cnc(C(=O)NCCN3CCCCC3)nc2)c2ccc(N3CCCCCC3)nc21. The first-order valence-corrected chi connectivity index (χ1v) is 12.6. The maximum Gasteiger partial charge on any atom is 0.289 e. The third-order valence-electron chi connectivity index (χ3n) is 6.89. The average Bonchev–Trinajstić information content (AvgIpc) is 3.03. The zero-order valence-electron chi connectivity index (χ0n) is 20.0. The number of anilines is 1. The number of carbonyl (C=O) groups excluding carboxylic acids is 1. The van der Waals surface area contributed by atoms with Crippen molar-refractivity contribution in [3.05, 3.63) is 30.4 Å². The van der Waals surface area contributed by atoms with E-state index in [1.165, 1.54) is 44.9 Å². The number of rotatable bonds is 6. The molecule has 0 aromatic carbocycles. The monoisotopic (exact) mass is 462 g/mol. The van der Waals surface area contributed by atoms with E-state index in [2.05, 4.69) is 37.2 Å². The molecular formula is C25H34N8O. The van der Waals surface area contributed by atoms with Crippen LogP contribution >= 0.6 is 0 Å². The summed E-state index contributed by atoms with van der Waals surface area (Å²) in [6, 6.07) is 4.18. The third kappa shape index (κ3) is 5.04. The Labute approximate surface area is 200 Å². The zero-order chi connectivity index (χ0) is 23.3. The molecule has 5 heterocycles. The fourth-order valence-electron chi connectivity index (χ4n) is 4.97. The van der Waals surface area contributed by atoms with Crippen molar-refractivity contribution < 1.29 is 4.79 Å². The van der Waals surface area contributed by atoms with Crippen LogP contribution in [0.5, 0.6) is 0 Å². The molecule has 2 aliphatic rings. The van der Waals surface area contributed by atoms with Crippen LogP contribution in [-0.2, 0) is 7.05 Å². The van der Waals surface area contributed by atoms with Crippen molar-refractivity contribution in [2.45, 2.75) is 44.9 Å². The topological polar surface area (TPSA) is 92.1 Å². The third-order valence-corrected chi connectivity index (χ3v) is 6.89. The largest absolute Gasteiger partial charge is 0.357 e. The predicted molar refractivity (Wildman–Crippen MR) is 133 cm³/mol. The number of hydrogen-bond acceptors (Lipinski definition) is 7. The van der Waals surface area contributed by atoms with Gasteiger partial charge in [-0.05, 0) is 50.9 Å². The molecule has 1 N–H and O–H groups in total. The summed E-state index contributed by atoms with van der Waals surface area (Å²) in [5.41, 5.74) is 2.40. The van der Waals surface area contributed by atoms with Gasteiger partial charge in [0, 0.05) is 56.6 Å². The highest BCUT2D eigenvalue weighted by Crippen LogP contribution is 2.28. The summed E-state index contributed by atoms with van der Waals surface area (Å²) in [5.74, 6) is 0.958. The molecule has 180 valence electrons. The van der Waals surface area contributed by atoms with Crippen LogP contribution in [0.15, 0.2) is 24.5 Å². The molecule has 3 aromatic rings. The van der Waals surface area contributed by atoms with E-state index in [1.54, 1.807) is 12.4 Å². The van der Waals surface area contributed by atoms with Crippen LogP contribution in [0.4, 0.5) is 5.82 Å². The lowest BCUT2D eigenvalue weighted by Gasteiger charge is -2.26. The number of fused-ring (bicyclic) bond motifs is 1. The first kappa shape index (κ1) is 22.7. The van der Waals surface area contributed by atoms with Gasteiger partial charge in [-0.3, -0.25) is 4.79 Å². The molecule has 0 atom stereocenters. The van der Waals surface area contributed by atoms with E-state index in [1.807, 2.05) is 11.7 Å². The summed E-state index contributed by atoms with van der Waals surface area (Å²) < 4.78 is 1.81. The lowest BCUT2D eigenvalue weighted by molar-refractivity contribution is 0.0936.